The van der Waals surface area contributed by atoms with E-state index in [0.29, 0.717) is 34.6 Å². The molecule has 0 spiro atoms. The SMILES string of the molecule is COc1cc(O)c2c(=O)c3c(oc2c1)-c1c(O)cc(O)c2c1C(C3)C(C)(C)O2. The van der Waals surface area contributed by atoms with Crippen LogP contribution in [0.4, 0.5) is 0 Å². The summed E-state index contributed by atoms with van der Waals surface area (Å²) >= 11 is 0. The highest BCUT2D eigenvalue weighted by Gasteiger charge is 2.49. The standard InChI is InChI=1S/C21H18O7/c1-21(2)10-6-9-18(25)16-11(22)4-8(26-3)5-14(16)27-19(9)17-12(23)7-13(24)20(28-21)15(10)17/h4-5,7,10,22-24H,6H2,1-3H3. The van der Waals surface area contributed by atoms with Crippen molar-refractivity contribution < 1.29 is 29.2 Å². The van der Waals surface area contributed by atoms with Crippen LogP contribution in [0, 0.1) is 0 Å². The molecule has 5 rings (SSSR count). The van der Waals surface area contributed by atoms with Gasteiger partial charge in [-0.05, 0) is 20.3 Å². The van der Waals surface area contributed by atoms with Crippen LogP contribution in [-0.2, 0) is 6.42 Å². The molecule has 2 heterocycles. The number of benzene rings is 2. The molecule has 0 saturated carbocycles. The Hall–Kier alpha value is -3.35. The zero-order valence-electron chi connectivity index (χ0n) is 15.5. The van der Waals surface area contributed by atoms with Gasteiger partial charge in [0.2, 0.25) is 0 Å². The number of phenols is 3. The summed E-state index contributed by atoms with van der Waals surface area (Å²) in [7, 11) is 1.44. The summed E-state index contributed by atoms with van der Waals surface area (Å²) in [6.07, 6.45) is 0.301. The zero-order valence-corrected chi connectivity index (χ0v) is 15.5. The van der Waals surface area contributed by atoms with Gasteiger partial charge in [0.25, 0.3) is 0 Å². The van der Waals surface area contributed by atoms with Crippen molar-refractivity contribution in [1.82, 2.24) is 0 Å². The van der Waals surface area contributed by atoms with Crippen LogP contribution in [0.1, 0.15) is 30.9 Å². The highest BCUT2D eigenvalue weighted by Crippen LogP contribution is 2.59. The number of methoxy groups -OCH3 is 1. The molecule has 1 aliphatic heterocycles. The monoisotopic (exact) mass is 382 g/mol. The van der Waals surface area contributed by atoms with Gasteiger partial charge in [0.1, 0.15) is 39.6 Å². The maximum Gasteiger partial charge on any atom is 0.200 e. The van der Waals surface area contributed by atoms with Crippen LogP contribution in [0.5, 0.6) is 28.7 Å². The first kappa shape index (κ1) is 16.8. The van der Waals surface area contributed by atoms with Crippen LogP contribution < -0.4 is 14.9 Å². The summed E-state index contributed by atoms with van der Waals surface area (Å²) < 4.78 is 17.1. The Morgan fingerprint density at radius 2 is 1.86 bits per heavy atom. The van der Waals surface area contributed by atoms with E-state index in [-0.39, 0.29) is 45.3 Å². The molecule has 1 aliphatic carbocycles. The Kier molecular flexibility index (Phi) is 3.08. The number of hydrogen-bond donors (Lipinski definition) is 3. The molecular formula is C21H18O7. The van der Waals surface area contributed by atoms with Crippen molar-refractivity contribution in [3.05, 3.63) is 39.5 Å². The summed E-state index contributed by atoms with van der Waals surface area (Å²) in [6.45, 7) is 3.74. The second kappa shape index (κ2) is 5.13. The van der Waals surface area contributed by atoms with E-state index >= 15 is 0 Å². The van der Waals surface area contributed by atoms with Gasteiger partial charge in [0.15, 0.2) is 16.9 Å². The average molecular weight is 382 g/mol. The minimum Gasteiger partial charge on any atom is -0.507 e. The van der Waals surface area contributed by atoms with Gasteiger partial charge in [-0.1, -0.05) is 0 Å². The fourth-order valence-electron chi connectivity index (χ4n) is 4.38. The van der Waals surface area contributed by atoms with E-state index in [2.05, 4.69) is 0 Å². The van der Waals surface area contributed by atoms with Crippen molar-refractivity contribution in [3.63, 3.8) is 0 Å². The van der Waals surface area contributed by atoms with Crippen LogP contribution in [0.2, 0.25) is 0 Å². The van der Waals surface area contributed by atoms with Gasteiger partial charge in [0, 0.05) is 35.2 Å². The van der Waals surface area contributed by atoms with E-state index in [4.69, 9.17) is 13.9 Å². The molecule has 3 aromatic rings. The molecule has 28 heavy (non-hydrogen) atoms. The molecule has 2 aromatic carbocycles. The minimum atomic E-state index is -0.691. The smallest absolute Gasteiger partial charge is 0.200 e. The van der Waals surface area contributed by atoms with Crippen LogP contribution in [-0.4, -0.2) is 28.0 Å². The maximum atomic E-state index is 13.2. The summed E-state index contributed by atoms with van der Waals surface area (Å²) in [5, 5.41) is 31.3. The van der Waals surface area contributed by atoms with Gasteiger partial charge < -0.3 is 29.2 Å². The minimum absolute atomic E-state index is 0.0678. The Morgan fingerprint density at radius 3 is 2.57 bits per heavy atom. The largest absolute Gasteiger partial charge is 0.507 e. The predicted molar refractivity (Wildman–Crippen MR) is 101 cm³/mol. The Labute approximate surface area is 159 Å². The molecule has 1 atom stereocenters. The quantitative estimate of drug-likeness (QED) is 0.592. The first-order valence-corrected chi connectivity index (χ1v) is 8.88. The molecule has 7 heteroatoms. The van der Waals surface area contributed by atoms with Crippen molar-refractivity contribution in [2.24, 2.45) is 0 Å². The van der Waals surface area contributed by atoms with Gasteiger partial charge in [-0.25, -0.2) is 0 Å². The zero-order chi connectivity index (χ0) is 20.0. The number of aromatic hydroxyl groups is 3. The van der Waals surface area contributed by atoms with Crippen LogP contribution in [0.3, 0.4) is 0 Å². The first-order chi connectivity index (χ1) is 13.2. The normalized spacial score (nSPS) is 18.5. The molecular weight excluding hydrogens is 364 g/mol. The topological polar surface area (TPSA) is 109 Å². The fraction of sp³-hybridized carbons (Fsp3) is 0.286. The Bertz CT molecular complexity index is 1240. The molecule has 0 amide bonds. The lowest BCUT2D eigenvalue weighted by molar-refractivity contribution is 0.106. The van der Waals surface area contributed by atoms with Crippen molar-refractivity contribution in [2.75, 3.05) is 7.11 Å². The molecule has 7 nitrogen and oxygen atoms in total. The van der Waals surface area contributed by atoms with E-state index < -0.39 is 5.60 Å². The maximum absolute atomic E-state index is 13.2. The van der Waals surface area contributed by atoms with Crippen molar-refractivity contribution in [2.45, 2.75) is 31.8 Å². The van der Waals surface area contributed by atoms with Crippen molar-refractivity contribution in [1.29, 1.82) is 0 Å². The molecule has 1 aromatic heterocycles. The van der Waals surface area contributed by atoms with Crippen molar-refractivity contribution in [3.8, 4) is 40.1 Å². The second-order valence-electron chi connectivity index (χ2n) is 7.75. The lowest BCUT2D eigenvalue weighted by atomic mass is 9.75. The average Bonchev–Trinajstić information content (AvgIpc) is 2.90. The van der Waals surface area contributed by atoms with Gasteiger partial charge in [-0.2, -0.15) is 0 Å². The van der Waals surface area contributed by atoms with E-state index in [1.807, 2.05) is 13.8 Å². The van der Waals surface area contributed by atoms with Crippen LogP contribution in [0.25, 0.3) is 22.3 Å². The third kappa shape index (κ3) is 1.96. The van der Waals surface area contributed by atoms with E-state index in [9.17, 15) is 20.1 Å². The highest BCUT2D eigenvalue weighted by atomic mass is 16.5. The molecule has 1 unspecified atom stereocenters. The highest BCUT2D eigenvalue weighted by molar-refractivity contribution is 5.90. The number of rotatable bonds is 1. The molecule has 144 valence electrons. The molecule has 2 aliphatic rings. The van der Waals surface area contributed by atoms with E-state index in [1.165, 1.54) is 25.3 Å². The number of phenolic OH excluding ortho intramolecular Hbond substituents is 3. The van der Waals surface area contributed by atoms with Crippen LogP contribution in [0.15, 0.2) is 27.4 Å². The van der Waals surface area contributed by atoms with Gasteiger partial charge >= 0.3 is 0 Å². The summed E-state index contributed by atoms with van der Waals surface area (Å²) in [5.41, 5.74) is 0.424. The summed E-state index contributed by atoms with van der Waals surface area (Å²) in [4.78, 5) is 13.2. The van der Waals surface area contributed by atoms with Crippen LogP contribution >= 0.6 is 0 Å². The third-order valence-corrected chi connectivity index (χ3v) is 5.74. The molecule has 0 saturated heterocycles. The van der Waals surface area contributed by atoms with Gasteiger partial charge in [0.05, 0.1) is 12.7 Å². The molecule has 3 N–H and O–H groups in total. The van der Waals surface area contributed by atoms with E-state index in [1.54, 1.807) is 0 Å². The van der Waals surface area contributed by atoms with E-state index in [0.717, 1.165) is 0 Å². The Morgan fingerprint density at radius 1 is 1.11 bits per heavy atom. The second-order valence-corrected chi connectivity index (χ2v) is 7.75. The summed E-state index contributed by atoms with van der Waals surface area (Å²) in [5.74, 6) is 0.0152. The fourth-order valence-corrected chi connectivity index (χ4v) is 4.38. The Balaban J connectivity index is 1.92. The predicted octanol–water partition coefficient (Wildman–Crippen LogP) is 3.40. The number of ether oxygens (including phenoxy) is 2. The number of fused-ring (bicyclic) bond motifs is 3. The lowest BCUT2D eigenvalue weighted by Crippen LogP contribution is -2.34. The molecule has 0 bridgehead atoms. The third-order valence-electron chi connectivity index (χ3n) is 5.74. The van der Waals surface area contributed by atoms with Crippen molar-refractivity contribution >= 4 is 11.0 Å². The van der Waals surface area contributed by atoms with Gasteiger partial charge in [-0.3, -0.25) is 4.79 Å². The molecule has 0 radical (unpaired) electrons. The number of hydrogen-bond acceptors (Lipinski definition) is 7. The first-order valence-electron chi connectivity index (χ1n) is 8.88. The molecule has 0 fully saturated rings. The lowest BCUT2D eigenvalue weighted by Gasteiger charge is -2.30. The van der Waals surface area contributed by atoms with Gasteiger partial charge in [-0.15, -0.1) is 0 Å². The summed E-state index contributed by atoms with van der Waals surface area (Å²) in [6, 6.07) is 4.06.